The van der Waals surface area contributed by atoms with Crippen molar-refractivity contribution in [1.29, 1.82) is 0 Å². The van der Waals surface area contributed by atoms with E-state index in [0.717, 1.165) is 13.0 Å². The Morgan fingerprint density at radius 2 is 2.22 bits per heavy atom. The highest BCUT2D eigenvalue weighted by atomic mass is 16.5. The number of ether oxygens (including phenoxy) is 1. The molecule has 106 valence electrons. The van der Waals surface area contributed by atoms with Crippen LogP contribution in [0.1, 0.15) is 40.0 Å². The topological polar surface area (TPSA) is 41.6 Å². The Morgan fingerprint density at radius 1 is 1.50 bits per heavy atom. The third kappa shape index (κ3) is 4.25. The molecular weight excluding hydrogens is 228 g/mol. The summed E-state index contributed by atoms with van der Waals surface area (Å²) in [5.41, 5.74) is 0. The average molecular weight is 256 g/mol. The maximum Gasteiger partial charge on any atom is 0.323 e. The van der Waals surface area contributed by atoms with Crippen LogP contribution in [-0.2, 0) is 9.53 Å². The number of esters is 1. The molecule has 1 aliphatic rings. The van der Waals surface area contributed by atoms with E-state index in [2.05, 4.69) is 24.1 Å². The van der Waals surface area contributed by atoms with Gasteiger partial charge >= 0.3 is 5.97 Å². The van der Waals surface area contributed by atoms with Crippen LogP contribution < -0.4 is 5.32 Å². The number of hydrogen-bond donors (Lipinski definition) is 1. The molecule has 0 aromatic heterocycles. The number of nitrogens with one attached hydrogen (secondary N) is 1. The zero-order chi connectivity index (χ0) is 13.5. The van der Waals surface area contributed by atoms with Gasteiger partial charge in [-0.05, 0) is 45.7 Å². The third-order valence-corrected chi connectivity index (χ3v) is 3.81. The van der Waals surface area contributed by atoms with Gasteiger partial charge in [-0.2, -0.15) is 0 Å². The van der Waals surface area contributed by atoms with Crippen molar-refractivity contribution < 1.29 is 9.53 Å². The number of carbonyl (C=O) groups excluding carboxylic acids is 1. The minimum absolute atomic E-state index is 0.125. The average Bonchev–Trinajstić information content (AvgIpc) is 2.78. The van der Waals surface area contributed by atoms with Crippen LogP contribution in [0.25, 0.3) is 0 Å². The van der Waals surface area contributed by atoms with Crippen LogP contribution in [0.4, 0.5) is 0 Å². The molecule has 2 unspecified atom stereocenters. The van der Waals surface area contributed by atoms with Crippen LogP contribution in [0.5, 0.6) is 0 Å². The van der Waals surface area contributed by atoms with E-state index < -0.39 is 0 Å². The summed E-state index contributed by atoms with van der Waals surface area (Å²) in [6.45, 7) is 9.01. The Hall–Kier alpha value is -0.610. The molecule has 0 amide bonds. The SMILES string of the molecule is CCOC(=O)C(CCN1CCCC1C(C)C)NC. The third-order valence-electron chi connectivity index (χ3n) is 3.81. The molecule has 0 aromatic rings. The van der Waals surface area contributed by atoms with Crippen molar-refractivity contribution >= 4 is 5.97 Å². The second kappa shape index (κ2) is 7.74. The molecule has 1 aliphatic heterocycles. The Morgan fingerprint density at radius 3 is 2.78 bits per heavy atom. The molecule has 1 heterocycles. The van der Waals surface area contributed by atoms with Gasteiger partial charge in [0.15, 0.2) is 0 Å². The van der Waals surface area contributed by atoms with E-state index in [1.807, 2.05) is 14.0 Å². The van der Waals surface area contributed by atoms with Gasteiger partial charge in [0.2, 0.25) is 0 Å². The zero-order valence-corrected chi connectivity index (χ0v) is 12.2. The van der Waals surface area contributed by atoms with Crippen molar-refractivity contribution in [1.82, 2.24) is 10.2 Å². The van der Waals surface area contributed by atoms with Crippen LogP contribution >= 0.6 is 0 Å². The maximum atomic E-state index is 11.7. The Bertz CT molecular complexity index is 256. The number of nitrogens with zero attached hydrogens (tertiary/aromatic N) is 1. The summed E-state index contributed by atoms with van der Waals surface area (Å²) >= 11 is 0. The monoisotopic (exact) mass is 256 g/mol. The molecule has 0 aliphatic carbocycles. The first-order valence-electron chi connectivity index (χ1n) is 7.18. The quantitative estimate of drug-likeness (QED) is 0.703. The largest absolute Gasteiger partial charge is 0.465 e. The van der Waals surface area contributed by atoms with Gasteiger partial charge in [-0.25, -0.2) is 0 Å². The number of likely N-dealkylation sites (N-methyl/N-ethyl adjacent to an activating group) is 1. The van der Waals surface area contributed by atoms with Crippen molar-refractivity contribution in [3.05, 3.63) is 0 Å². The van der Waals surface area contributed by atoms with Crippen LogP contribution in [0, 0.1) is 5.92 Å². The minimum Gasteiger partial charge on any atom is -0.465 e. The van der Waals surface area contributed by atoms with Crippen molar-refractivity contribution in [3.8, 4) is 0 Å². The number of likely N-dealkylation sites (tertiary alicyclic amines) is 1. The summed E-state index contributed by atoms with van der Waals surface area (Å²) in [7, 11) is 1.82. The van der Waals surface area contributed by atoms with Gasteiger partial charge in [-0.3, -0.25) is 4.79 Å². The van der Waals surface area contributed by atoms with Gasteiger partial charge in [0.1, 0.15) is 6.04 Å². The molecule has 1 rings (SSSR count). The van der Waals surface area contributed by atoms with E-state index >= 15 is 0 Å². The van der Waals surface area contributed by atoms with Gasteiger partial charge in [-0.15, -0.1) is 0 Å². The molecule has 0 saturated carbocycles. The van der Waals surface area contributed by atoms with Gasteiger partial charge in [-0.1, -0.05) is 13.8 Å². The van der Waals surface area contributed by atoms with E-state index in [1.54, 1.807) is 0 Å². The molecule has 1 fully saturated rings. The maximum absolute atomic E-state index is 11.7. The summed E-state index contributed by atoms with van der Waals surface area (Å²) in [5.74, 6) is 0.573. The Balaban J connectivity index is 2.40. The summed E-state index contributed by atoms with van der Waals surface area (Å²) in [5, 5.41) is 3.05. The first-order valence-corrected chi connectivity index (χ1v) is 7.18. The molecule has 18 heavy (non-hydrogen) atoms. The second-order valence-electron chi connectivity index (χ2n) is 5.37. The zero-order valence-electron chi connectivity index (χ0n) is 12.2. The molecule has 2 atom stereocenters. The predicted molar refractivity (Wildman–Crippen MR) is 73.5 cm³/mol. The summed E-state index contributed by atoms with van der Waals surface area (Å²) in [6.07, 6.45) is 3.41. The van der Waals surface area contributed by atoms with Crippen molar-refractivity contribution in [2.45, 2.75) is 52.1 Å². The Labute approximate surface area is 111 Å². The highest BCUT2D eigenvalue weighted by molar-refractivity contribution is 5.75. The highest BCUT2D eigenvalue weighted by Gasteiger charge is 2.28. The lowest BCUT2D eigenvalue weighted by molar-refractivity contribution is -0.145. The lowest BCUT2D eigenvalue weighted by Gasteiger charge is -2.28. The van der Waals surface area contributed by atoms with Gasteiger partial charge < -0.3 is 15.0 Å². The summed E-state index contributed by atoms with van der Waals surface area (Å²) in [4.78, 5) is 14.2. The lowest BCUT2D eigenvalue weighted by atomic mass is 10.0. The first-order chi connectivity index (χ1) is 8.60. The fourth-order valence-electron chi connectivity index (χ4n) is 2.80. The van der Waals surface area contributed by atoms with E-state index in [9.17, 15) is 4.79 Å². The van der Waals surface area contributed by atoms with E-state index in [-0.39, 0.29) is 12.0 Å². The number of hydrogen-bond acceptors (Lipinski definition) is 4. The normalized spacial score (nSPS) is 22.4. The smallest absolute Gasteiger partial charge is 0.323 e. The fourth-order valence-corrected chi connectivity index (χ4v) is 2.80. The van der Waals surface area contributed by atoms with E-state index in [4.69, 9.17) is 4.74 Å². The molecule has 0 bridgehead atoms. The van der Waals surface area contributed by atoms with E-state index in [0.29, 0.717) is 18.6 Å². The fraction of sp³-hybridized carbons (Fsp3) is 0.929. The molecule has 4 heteroatoms. The lowest BCUT2D eigenvalue weighted by Crippen LogP contribution is -2.41. The molecule has 1 saturated heterocycles. The van der Waals surface area contributed by atoms with Gasteiger partial charge in [0.05, 0.1) is 6.61 Å². The molecule has 4 nitrogen and oxygen atoms in total. The molecular formula is C14H28N2O2. The Kier molecular flexibility index (Phi) is 6.65. The minimum atomic E-state index is -0.168. The molecule has 0 spiro atoms. The van der Waals surface area contributed by atoms with Gasteiger partial charge in [0.25, 0.3) is 0 Å². The number of carbonyl (C=O) groups is 1. The van der Waals surface area contributed by atoms with Crippen LogP contribution in [-0.4, -0.2) is 49.7 Å². The van der Waals surface area contributed by atoms with Crippen LogP contribution in [0.3, 0.4) is 0 Å². The molecule has 0 aromatic carbocycles. The van der Waals surface area contributed by atoms with Crippen molar-refractivity contribution in [2.24, 2.45) is 5.92 Å². The van der Waals surface area contributed by atoms with Gasteiger partial charge in [0, 0.05) is 12.6 Å². The van der Waals surface area contributed by atoms with Crippen molar-refractivity contribution in [2.75, 3.05) is 26.7 Å². The second-order valence-corrected chi connectivity index (χ2v) is 5.37. The first kappa shape index (κ1) is 15.4. The van der Waals surface area contributed by atoms with Crippen molar-refractivity contribution in [3.63, 3.8) is 0 Å². The van der Waals surface area contributed by atoms with Crippen LogP contribution in [0.15, 0.2) is 0 Å². The number of rotatable bonds is 7. The van der Waals surface area contributed by atoms with Crippen LogP contribution in [0.2, 0.25) is 0 Å². The highest BCUT2D eigenvalue weighted by Crippen LogP contribution is 2.23. The molecule has 1 N–H and O–H groups in total. The van der Waals surface area contributed by atoms with E-state index in [1.165, 1.54) is 19.4 Å². The molecule has 0 radical (unpaired) electrons. The standard InChI is InChI=1S/C14H28N2O2/c1-5-18-14(17)12(15-4)8-10-16-9-6-7-13(16)11(2)3/h11-13,15H,5-10H2,1-4H3. The summed E-state index contributed by atoms with van der Waals surface area (Å²) < 4.78 is 5.06. The predicted octanol–water partition coefficient (Wildman–Crippen LogP) is 1.65. The summed E-state index contributed by atoms with van der Waals surface area (Å²) in [6, 6.07) is 0.517.